The largest absolute Gasteiger partial charge is 0.345 e. The summed E-state index contributed by atoms with van der Waals surface area (Å²) in [6.07, 6.45) is 9.17. The van der Waals surface area contributed by atoms with Crippen LogP contribution in [0.4, 0.5) is 0 Å². The molecule has 2 aromatic rings. The highest BCUT2D eigenvalue weighted by Gasteiger charge is 2.27. The summed E-state index contributed by atoms with van der Waals surface area (Å²) in [6, 6.07) is 10.8. The van der Waals surface area contributed by atoms with Crippen molar-refractivity contribution >= 4 is 27.5 Å². The van der Waals surface area contributed by atoms with Gasteiger partial charge in [0.2, 0.25) is 10.0 Å². The molecule has 0 aromatic heterocycles. The summed E-state index contributed by atoms with van der Waals surface area (Å²) in [7, 11) is -3.66. The van der Waals surface area contributed by atoms with E-state index in [0.717, 1.165) is 50.5 Å². The number of fused-ring (bicyclic) bond motifs is 1. The van der Waals surface area contributed by atoms with Crippen LogP contribution in [0.1, 0.15) is 85.0 Å². The maximum Gasteiger partial charge on any atom is 0.253 e. The van der Waals surface area contributed by atoms with Gasteiger partial charge in [-0.25, -0.2) is 8.42 Å². The van der Waals surface area contributed by atoms with E-state index in [0.29, 0.717) is 13.1 Å². The van der Waals surface area contributed by atoms with E-state index in [1.54, 1.807) is 0 Å². The minimum atomic E-state index is -3.66. The summed E-state index contributed by atoms with van der Waals surface area (Å²) < 4.78 is 28.0. The van der Waals surface area contributed by atoms with E-state index in [-0.39, 0.29) is 27.4 Å². The number of nitrogens with one attached hydrogen (secondary N) is 1. The number of hydrogen-bond donors (Lipinski definition) is 1. The molecule has 4 rings (SSSR count). The number of halogens is 1. The maximum atomic E-state index is 13.2. The molecule has 1 unspecified atom stereocenters. The van der Waals surface area contributed by atoms with Gasteiger partial charge in [0.15, 0.2) is 0 Å². The topological polar surface area (TPSA) is 66.5 Å². The van der Waals surface area contributed by atoms with E-state index in [9.17, 15) is 13.2 Å². The van der Waals surface area contributed by atoms with Crippen LogP contribution in [0.15, 0.2) is 41.3 Å². The molecular formula is C26H33ClN2O3S. The Morgan fingerprint density at radius 3 is 2.36 bits per heavy atom. The zero-order valence-electron chi connectivity index (χ0n) is 19.3. The third kappa shape index (κ3) is 5.44. The molecule has 1 aliphatic carbocycles. The SMILES string of the molecule is CCC(NC(=O)c1cc(S(=O)(=O)N2CCCCCC2)ccc1Cl)c1ccc2c(c1)CCCC2. The molecule has 0 bridgehead atoms. The minimum Gasteiger partial charge on any atom is -0.345 e. The van der Waals surface area contributed by atoms with Gasteiger partial charge < -0.3 is 5.32 Å². The molecule has 7 heteroatoms. The number of hydrogen-bond acceptors (Lipinski definition) is 3. The molecule has 0 spiro atoms. The van der Waals surface area contributed by atoms with Crippen LogP contribution in [0.2, 0.25) is 5.02 Å². The van der Waals surface area contributed by atoms with Gasteiger partial charge in [-0.2, -0.15) is 4.31 Å². The Bertz CT molecular complexity index is 1110. The molecule has 1 atom stereocenters. The first-order valence-electron chi connectivity index (χ1n) is 12.1. The Kier molecular flexibility index (Phi) is 7.77. The summed E-state index contributed by atoms with van der Waals surface area (Å²) in [5, 5.41) is 3.34. The zero-order valence-corrected chi connectivity index (χ0v) is 20.9. The van der Waals surface area contributed by atoms with Crippen molar-refractivity contribution in [2.75, 3.05) is 13.1 Å². The number of carbonyl (C=O) groups excluding carboxylic acids is 1. The van der Waals surface area contributed by atoms with E-state index in [2.05, 4.69) is 23.5 Å². The summed E-state index contributed by atoms with van der Waals surface area (Å²) in [6.45, 7) is 3.07. The van der Waals surface area contributed by atoms with Crippen molar-refractivity contribution in [1.82, 2.24) is 9.62 Å². The fraction of sp³-hybridized carbons (Fsp3) is 0.500. The van der Waals surface area contributed by atoms with Gasteiger partial charge >= 0.3 is 0 Å². The van der Waals surface area contributed by atoms with E-state index in [4.69, 9.17) is 11.6 Å². The lowest BCUT2D eigenvalue weighted by atomic mass is 9.88. The highest BCUT2D eigenvalue weighted by atomic mass is 35.5. The van der Waals surface area contributed by atoms with Crippen LogP contribution in [-0.4, -0.2) is 31.7 Å². The molecule has 0 saturated carbocycles. The number of aryl methyl sites for hydroxylation is 2. The van der Waals surface area contributed by atoms with Crippen molar-refractivity contribution < 1.29 is 13.2 Å². The first-order chi connectivity index (χ1) is 15.9. The van der Waals surface area contributed by atoms with Crippen molar-refractivity contribution in [3.8, 4) is 0 Å². The number of rotatable bonds is 6. The first kappa shape index (κ1) is 24.2. The third-order valence-electron chi connectivity index (χ3n) is 6.87. The highest BCUT2D eigenvalue weighted by Crippen LogP contribution is 2.28. The number of sulfonamides is 1. The molecule has 1 heterocycles. The fourth-order valence-corrected chi connectivity index (χ4v) is 6.64. The second kappa shape index (κ2) is 10.6. The van der Waals surface area contributed by atoms with Crippen molar-refractivity contribution in [1.29, 1.82) is 0 Å². The van der Waals surface area contributed by atoms with Crippen molar-refractivity contribution in [3.63, 3.8) is 0 Å². The summed E-state index contributed by atoms with van der Waals surface area (Å²) in [5.74, 6) is -0.350. The lowest BCUT2D eigenvalue weighted by Crippen LogP contribution is -2.32. The summed E-state index contributed by atoms with van der Waals surface area (Å²) in [5.41, 5.74) is 4.05. The van der Waals surface area contributed by atoms with Gasteiger partial charge in [-0.1, -0.05) is 49.6 Å². The van der Waals surface area contributed by atoms with E-state index in [1.165, 1.54) is 46.5 Å². The van der Waals surface area contributed by atoms with Gasteiger partial charge in [-0.05, 0) is 79.8 Å². The summed E-state index contributed by atoms with van der Waals surface area (Å²) in [4.78, 5) is 13.3. The Balaban J connectivity index is 1.56. The molecule has 178 valence electrons. The van der Waals surface area contributed by atoms with Crippen LogP contribution in [-0.2, 0) is 22.9 Å². The Morgan fingerprint density at radius 2 is 1.67 bits per heavy atom. The normalized spacial score (nSPS) is 18.2. The molecular weight excluding hydrogens is 456 g/mol. The maximum absolute atomic E-state index is 13.2. The number of benzene rings is 2. The second-order valence-corrected chi connectivity index (χ2v) is 11.5. The Hall–Kier alpha value is -1.89. The van der Waals surface area contributed by atoms with Crippen LogP contribution in [0.5, 0.6) is 0 Å². The van der Waals surface area contributed by atoms with Crippen LogP contribution >= 0.6 is 11.6 Å². The van der Waals surface area contributed by atoms with Crippen molar-refractivity contribution in [2.45, 2.75) is 75.6 Å². The van der Waals surface area contributed by atoms with Gasteiger partial charge in [0.05, 0.1) is 21.5 Å². The Morgan fingerprint density at radius 1 is 0.970 bits per heavy atom. The second-order valence-electron chi connectivity index (χ2n) is 9.13. The minimum absolute atomic E-state index is 0.126. The van der Waals surface area contributed by atoms with Crippen molar-refractivity contribution in [2.24, 2.45) is 0 Å². The van der Waals surface area contributed by atoms with Crippen LogP contribution in [0, 0.1) is 0 Å². The van der Waals surface area contributed by atoms with Gasteiger partial charge in [-0.3, -0.25) is 4.79 Å². The monoisotopic (exact) mass is 488 g/mol. The van der Waals surface area contributed by atoms with E-state index in [1.807, 2.05) is 6.92 Å². The number of amides is 1. The first-order valence-corrected chi connectivity index (χ1v) is 13.9. The average molecular weight is 489 g/mol. The number of nitrogens with zero attached hydrogens (tertiary/aromatic N) is 1. The van der Waals surface area contributed by atoms with Gasteiger partial charge in [0, 0.05) is 13.1 Å². The average Bonchev–Trinajstić information content (AvgIpc) is 3.12. The van der Waals surface area contributed by atoms with E-state index >= 15 is 0 Å². The molecule has 5 nitrogen and oxygen atoms in total. The molecule has 2 aromatic carbocycles. The lowest BCUT2D eigenvalue weighted by Gasteiger charge is -2.23. The Labute approximate surface area is 202 Å². The van der Waals surface area contributed by atoms with Crippen LogP contribution < -0.4 is 5.32 Å². The summed E-state index contributed by atoms with van der Waals surface area (Å²) >= 11 is 6.35. The predicted octanol–water partition coefficient (Wildman–Crippen LogP) is 5.66. The highest BCUT2D eigenvalue weighted by molar-refractivity contribution is 7.89. The standard InChI is InChI=1S/C26H33ClN2O3S/c1-2-25(21-12-11-19-9-5-6-10-20(19)17-21)28-26(30)23-18-22(13-14-24(23)27)33(31,32)29-15-7-3-4-8-16-29/h11-14,17-18,25H,2-10,15-16H2,1H3,(H,28,30). The lowest BCUT2D eigenvalue weighted by molar-refractivity contribution is 0.0935. The van der Waals surface area contributed by atoms with Crippen LogP contribution in [0.3, 0.4) is 0 Å². The quantitative estimate of drug-likeness (QED) is 0.570. The van der Waals surface area contributed by atoms with Gasteiger partial charge in [-0.15, -0.1) is 0 Å². The predicted molar refractivity (Wildman–Crippen MR) is 132 cm³/mol. The van der Waals surface area contributed by atoms with E-state index < -0.39 is 10.0 Å². The van der Waals surface area contributed by atoms with Crippen molar-refractivity contribution in [3.05, 3.63) is 63.7 Å². The molecule has 1 fully saturated rings. The molecule has 1 aliphatic heterocycles. The fourth-order valence-electron chi connectivity index (χ4n) is 4.90. The zero-order chi connectivity index (χ0) is 23.4. The number of carbonyl (C=O) groups is 1. The third-order valence-corrected chi connectivity index (χ3v) is 9.10. The van der Waals surface area contributed by atoms with Crippen LogP contribution in [0.25, 0.3) is 0 Å². The van der Waals surface area contributed by atoms with Gasteiger partial charge in [0.25, 0.3) is 5.91 Å². The molecule has 33 heavy (non-hydrogen) atoms. The molecule has 1 N–H and O–H groups in total. The van der Waals surface area contributed by atoms with Gasteiger partial charge in [0.1, 0.15) is 0 Å². The molecule has 2 aliphatic rings. The molecule has 1 amide bonds. The molecule has 1 saturated heterocycles. The molecule has 0 radical (unpaired) electrons. The smallest absolute Gasteiger partial charge is 0.253 e.